The van der Waals surface area contributed by atoms with Gasteiger partial charge in [-0.3, -0.25) is 0 Å². The van der Waals surface area contributed by atoms with Crippen LogP contribution in [0.2, 0.25) is 0 Å². The predicted molar refractivity (Wildman–Crippen MR) is 90.6 cm³/mol. The van der Waals surface area contributed by atoms with Crippen LogP contribution >= 0.6 is 0 Å². The van der Waals surface area contributed by atoms with Crippen molar-refractivity contribution in [1.29, 1.82) is 0 Å². The third-order valence-electron chi connectivity index (χ3n) is 3.97. The lowest BCUT2D eigenvalue weighted by atomic mass is 10.1. The van der Waals surface area contributed by atoms with E-state index >= 15 is 0 Å². The first-order valence-corrected chi connectivity index (χ1v) is 7.51. The number of likely N-dealkylation sites (N-methyl/N-ethyl adjacent to an activating group) is 1. The second-order valence-electron chi connectivity index (χ2n) is 5.72. The van der Waals surface area contributed by atoms with E-state index in [0.29, 0.717) is 11.8 Å². The lowest BCUT2D eigenvalue weighted by Gasteiger charge is -2.35. The zero-order valence-electron chi connectivity index (χ0n) is 13.1. The highest BCUT2D eigenvalue weighted by molar-refractivity contribution is 5.64. The molecule has 3 rings (SSSR count). The number of nitrogens with zero attached hydrogens (tertiary/aromatic N) is 4. The van der Waals surface area contributed by atoms with Crippen molar-refractivity contribution < 1.29 is 0 Å². The van der Waals surface area contributed by atoms with Gasteiger partial charge in [0.15, 0.2) is 0 Å². The zero-order valence-corrected chi connectivity index (χ0v) is 13.1. The van der Waals surface area contributed by atoms with Gasteiger partial charge < -0.3 is 20.9 Å². The topological polar surface area (TPSA) is 70.3 Å². The molecule has 0 amide bonds. The quantitative estimate of drug-likeness (QED) is 0.901. The summed E-state index contributed by atoms with van der Waals surface area (Å²) in [6, 6.07) is 8.02. The van der Waals surface area contributed by atoms with Gasteiger partial charge in [0.2, 0.25) is 5.95 Å². The van der Waals surface area contributed by atoms with Crippen molar-refractivity contribution in [3.63, 3.8) is 0 Å². The molecule has 1 aromatic carbocycles. The van der Waals surface area contributed by atoms with Crippen molar-refractivity contribution in [3.8, 4) is 0 Å². The first-order chi connectivity index (χ1) is 10.6. The molecule has 2 aromatic rings. The first-order valence-electron chi connectivity index (χ1n) is 7.51. The van der Waals surface area contributed by atoms with E-state index in [1.807, 2.05) is 0 Å². The summed E-state index contributed by atoms with van der Waals surface area (Å²) in [5.74, 6) is 0.982. The number of rotatable bonds is 3. The van der Waals surface area contributed by atoms with Crippen LogP contribution in [0.4, 0.5) is 23.1 Å². The molecule has 6 nitrogen and oxygen atoms in total. The maximum Gasteiger partial charge on any atom is 0.229 e. The number of nitrogens with one attached hydrogen (secondary N) is 1. The lowest BCUT2D eigenvalue weighted by molar-refractivity contribution is 0.312. The zero-order chi connectivity index (χ0) is 15.5. The molecule has 6 heteroatoms. The molecule has 0 radical (unpaired) electrons. The summed E-state index contributed by atoms with van der Waals surface area (Å²) in [4.78, 5) is 13.1. The van der Waals surface area contributed by atoms with Crippen molar-refractivity contribution in [3.05, 3.63) is 36.0 Å². The smallest absolute Gasteiger partial charge is 0.229 e. The van der Waals surface area contributed by atoms with Crippen LogP contribution in [-0.4, -0.2) is 48.1 Å². The van der Waals surface area contributed by atoms with Gasteiger partial charge >= 0.3 is 0 Å². The fraction of sp³-hybridized carbons (Fsp3) is 0.375. The third-order valence-corrected chi connectivity index (χ3v) is 3.97. The number of piperazine rings is 1. The average Bonchev–Trinajstić information content (AvgIpc) is 2.49. The lowest BCUT2D eigenvalue weighted by Crippen LogP contribution is -2.44. The Morgan fingerprint density at radius 3 is 2.59 bits per heavy atom. The van der Waals surface area contributed by atoms with E-state index < -0.39 is 0 Å². The van der Waals surface area contributed by atoms with Gasteiger partial charge in [0, 0.05) is 43.8 Å². The Hall–Kier alpha value is -2.34. The van der Waals surface area contributed by atoms with Crippen molar-refractivity contribution >= 4 is 23.1 Å². The Kier molecular flexibility index (Phi) is 4.11. The Labute approximate surface area is 131 Å². The number of benzene rings is 1. The summed E-state index contributed by atoms with van der Waals surface area (Å²) in [6.45, 7) is 6.50. The second-order valence-corrected chi connectivity index (χ2v) is 5.72. The van der Waals surface area contributed by atoms with E-state index in [2.05, 4.69) is 57.3 Å². The minimum atomic E-state index is 0.461. The maximum absolute atomic E-state index is 5.67. The van der Waals surface area contributed by atoms with Crippen LogP contribution in [0.1, 0.15) is 5.56 Å². The molecule has 0 atom stereocenters. The number of aryl methyl sites for hydroxylation is 1. The SMILES string of the molecule is Cc1cc(Nc2nccc(N)n2)ccc1N1CCN(C)CC1. The predicted octanol–water partition coefficient (Wildman–Crippen LogP) is 1.86. The Balaban J connectivity index is 1.74. The fourth-order valence-corrected chi connectivity index (χ4v) is 2.70. The molecule has 1 fully saturated rings. The van der Waals surface area contributed by atoms with E-state index in [1.165, 1.54) is 11.3 Å². The Morgan fingerprint density at radius 1 is 1.14 bits per heavy atom. The van der Waals surface area contributed by atoms with E-state index in [-0.39, 0.29) is 0 Å². The van der Waals surface area contributed by atoms with Crippen LogP contribution in [-0.2, 0) is 0 Å². The standard InChI is InChI=1S/C16H22N6/c1-12-11-13(19-16-18-6-5-15(17)20-16)3-4-14(12)22-9-7-21(2)8-10-22/h3-6,11H,7-10H2,1-2H3,(H3,17,18,19,20). The van der Waals surface area contributed by atoms with Crippen molar-refractivity contribution in [2.24, 2.45) is 0 Å². The van der Waals surface area contributed by atoms with Gasteiger partial charge in [0.1, 0.15) is 5.82 Å². The molecule has 22 heavy (non-hydrogen) atoms. The Morgan fingerprint density at radius 2 is 1.91 bits per heavy atom. The van der Waals surface area contributed by atoms with Gasteiger partial charge in [0.25, 0.3) is 0 Å². The highest BCUT2D eigenvalue weighted by atomic mass is 15.2. The van der Waals surface area contributed by atoms with Crippen molar-refractivity contribution in [2.45, 2.75) is 6.92 Å². The summed E-state index contributed by atoms with van der Waals surface area (Å²) in [5.41, 5.74) is 9.19. The van der Waals surface area contributed by atoms with Crippen LogP contribution in [0, 0.1) is 6.92 Å². The first kappa shape index (κ1) is 14.6. The molecule has 3 N–H and O–H groups in total. The summed E-state index contributed by atoms with van der Waals surface area (Å²) in [6.07, 6.45) is 1.65. The van der Waals surface area contributed by atoms with Crippen LogP contribution in [0.3, 0.4) is 0 Å². The highest BCUT2D eigenvalue weighted by Gasteiger charge is 2.15. The maximum atomic E-state index is 5.67. The van der Waals surface area contributed by atoms with Gasteiger partial charge in [0.05, 0.1) is 0 Å². The fourth-order valence-electron chi connectivity index (χ4n) is 2.70. The van der Waals surface area contributed by atoms with Crippen molar-refractivity contribution in [2.75, 3.05) is 49.2 Å². The van der Waals surface area contributed by atoms with Gasteiger partial charge in [-0.15, -0.1) is 0 Å². The van der Waals surface area contributed by atoms with Crippen molar-refractivity contribution in [1.82, 2.24) is 14.9 Å². The molecule has 0 unspecified atom stereocenters. The number of nitrogen functional groups attached to an aromatic ring is 1. The average molecular weight is 298 g/mol. The molecule has 1 aromatic heterocycles. The minimum absolute atomic E-state index is 0.461. The summed E-state index contributed by atoms with van der Waals surface area (Å²) in [7, 11) is 2.17. The number of hydrogen-bond acceptors (Lipinski definition) is 6. The van der Waals surface area contributed by atoms with Crippen LogP contribution in [0.5, 0.6) is 0 Å². The molecule has 0 aliphatic carbocycles. The number of nitrogens with two attached hydrogens (primary N) is 1. The molecule has 1 saturated heterocycles. The van der Waals surface area contributed by atoms with E-state index in [9.17, 15) is 0 Å². The minimum Gasteiger partial charge on any atom is -0.384 e. The third kappa shape index (κ3) is 3.28. The monoisotopic (exact) mass is 298 g/mol. The molecule has 0 bridgehead atoms. The molecular formula is C16H22N6. The van der Waals surface area contributed by atoms with Gasteiger partial charge in [-0.05, 0) is 43.8 Å². The van der Waals surface area contributed by atoms with Crippen LogP contribution < -0.4 is 16.0 Å². The van der Waals surface area contributed by atoms with E-state index in [1.54, 1.807) is 12.3 Å². The van der Waals surface area contributed by atoms with Crippen LogP contribution in [0.15, 0.2) is 30.5 Å². The van der Waals surface area contributed by atoms with E-state index in [4.69, 9.17) is 5.73 Å². The van der Waals surface area contributed by atoms with E-state index in [0.717, 1.165) is 31.9 Å². The molecule has 1 aliphatic heterocycles. The number of anilines is 4. The largest absolute Gasteiger partial charge is 0.384 e. The normalized spacial score (nSPS) is 15.8. The molecule has 2 heterocycles. The molecular weight excluding hydrogens is 276 g/mol. The van der Waals surface area contributed by atoms with Crippen LogP contribution in [0.25, 0.3) is 0 Å². The number of hydrogen-bond donors (Lipinski definition) is 2. The van der Waals surface area contributed by atoms with Gasteiger partial charge in [-0.2, -0.15) is 4.98 Å². The second kappa shape index (κ2) is 6.19. The molecule has 0 saturated carbocycles. The Bertz CT molecular complexity index is 649. The van der Waals surface area contributed by atoms with Gasteiger partial charge in [-0.1, -0.05) is 0 Å². The molecule has 0 spiro atoms. The summed E-state index contributed by atoms with van der Waals surface area (Å²) in [5, 5.41) is 3.19. The molecule has 1 aliphatic rings. The van der Waals surface area contributed by atoms with Gasteiger partial charge in [-0.25, -0.2) is 4.98 Å². The summed E-state index contributed by atoms with van der Waals surface area (Å²) >= 11 is 0. The molecule has 116 valence electrons. The highest BCUT2D eigenvalue weighted by Crippen LogP contribution is 2.25. The summed E-state index contributed by atoms with van der Waals surface area (Å²) < 4.78 is 0. The number of aromatic nitrogens is 2.